The predicted octanol–water partition coefficient (Wildman–Crippen LogP) is 4.04. The highest BCUT2D eigenvalue weighted by Crippen LogP contribution is 2.29. The minimum Gasteiger partial charge on any atom is -0.497 e. The number of hydrogen-bond acceptors (Lipinski definition) is 5. The Labute approximate surface area is 167 Å². The van der Waals surface area contributed by atoms with Crippen molar-refractivity contribution in [2.24, 2.45) is 0 Å². The summed E-state index contributed by atoms with van der Waals surface area (Å²) in [7, 11) is 3.09. The van der Waals surface area contributed by atoms with Gasteiger partial charge in [-0.05, 0) is 43.3 Å². The van der Waals surface area contributed by atoms with Crippen LogP contribution in [0.2, 0.25) is 10.0 Å². The van der Waals surface area contributed by atoms with Crippen molar-refractivity contribution in [3.05, 3.63) is 57.6 Å². The third-order valence-corrected chi connectivity index (χ3v) is 4.33. The lowest BCUT2D eigenvalue weighted by molar-refractivity contribution is -0.124. The standard InChI is InChI=1S/C19H19Cl2NO5/c1-11(14-9-13(25-2)5-7-17(14)26-3)22-18(23)10-27-19(24)15-8-12(20)4-6-16(15)21/h4-9,11H,10H2,1-3H3,(H,22,23)/t11-/m1/s1. The molecule has 0 unspecified atom stereocenters. The molecule has 0 radical (unpaired) electrons. The first-order chi connectivity index (χ1) is 12.8. The zero-order valence-electron chi connectivity index (χ0n) is 15.0. The number of ether oxygens (including phenoxy) is 3. The molecule has 1 N–H and O–H groups in total. The number of hydrogen-bond donors (Lipinski definition) is 1. The molecule has 144 valence electrons. The minimum atomic E-state index is -0.732. The molecular formula is C19H19Cl2NO5. The van der Waals surface area contributed by atoms with E-state index < -0.39 is 24.5 Å². The minimum absolute atomic E-state index is 0.0967. The first kappa shape index (κ1) is 20.9. The summed E-state index contributed by atoms with van der Waals surface area (Å²) in [5, 5.41) is 3.28. The maximum absolute atomic E-state index is 12.1. The zero-order chi connectivity index (χ0) is 20.0. The van der Waals surface area contributed by atoms with Crippen LogP contribution in [0.5, 0.6) is 11.5 Å². The van der Waals surface area contributed by atoms with E-state index >= 15 is 0 Å². The normalized spacial score (nSPS) is 11.4. The molecule has 0 heterocycles. The predicted molar refractivity (Wildman–Crippen MR) is 103 cm³/mol. The molecule has 0 bridgehead atoms. The van der Waals surface area contributed by atoms with Crippen molar-refractivity contribution in [1.82, 2.24) is 5.32 Å². The molecule has 8 heteroatoms. The summed E-state index contributed by atoms with van der Waals surface area (Å²) in [6.07, 6.45) is 0. The summed E-state index contributed by atoms with van der Waals surface area (Å²) in [4.78, 5) is 24.2. The Kier molecular flexibility index (Phi) is 7.33. The molecule has 2 aromatic rings. The van der Waals surface area contributed by atoms with Crippen LogP contribution in [0.1, 0.15) is 28.9 Å². The van der Waals surface area contributed by atoms with Crippen molar-refractivity contribution in [2.75, 3.05) is 20.8 Å². The summed E-state index contributed by atoms with van der Waals surface area (Å²) >= 11 is 11.8. The number of nitrogens with one attached hydrogen (secondary N) is 1. The summed E-state index contributed by atoms with van der Waals surface area (Å²) in [5.41, 5.74) is 0.828. The summed E-state index contributed by atoms with van der Waals surface area (Å²) in [5.74, 6) is 0.0309. The van der Waals surface area contributed by atoms with Crippen molar-refractivity contribution in [1.29, 1.82) is 0 Å². The molecule has 0 aliphatic rings. The molecular weight excluding hydrogens is 393 g/mol. The number of methoxy groups -OCH3 is 2. The first-order valence-corrected chi connectivity index (χ1v) is 8.74. The second-order valence-corrected chi connectivity index (χ2v) is 6.44. The molecule has 1 amide bonds. The number of carbonyl (C=O) groups excluding carboxylic acids is 2. The molecule has 0 fully saturated rings. The van der Waals surface area contributed by atoms with Crippen LogP contribution in [0.4, 0.5) is 0 Å². The molecule has 0 saturated carbocycles. The van der Waals surface area contributed by atoms with Gasteiger partial charge in [0, 0.05) is 10.6 Å². The van der Waals surface area contributed by atoms with Gasteiger partial charge in [0.05, 0.1) is 30.8 Å². The van der Waals surface area contributed by atoms with Gasteiger partial charge in [0.15, 0.2) is 6.61 Å². The summed E-state index contributed by atoms with van der Waals surface area (Å²) in [6, 6.07) is 9.30. The van der Waals surface area contributed by atoms with E-state index in [2.05, 4.69) is 5.32 Å². The highest BCUT2D eigenvalue weighted by atomic mass is 35.5. The Balaban J connectivity index is 1.99. The van der Waals surface area contributed by atoms with Crippen LogP contribution in [-0.2, 0) is 9.53 Å². The molecule has 6 nitrogen and oxygen atoms in total. The molecule has 0 saturated heterocycles. The van der Waals surface area contributed by atoms with E-state index in [1.807, 2.05) is 0 Å². The van der Waals surface area contributed by atoms with Crippen molar-refractivity contribution in [3.63, 3.8) is 0 Å². The number of benzene rings is 2. The monoisotopic (exact) mass is 411 g/mol. The van der Waals surface area contributed by atoms with Gasteiger partial charge in [0.25, 0.3) is 5.91 Å². The Morgan fingerprint density at radius 3 is 2.48 bits per heavy atom. The summed E-state index contributed by atoms with van der Waals surface area (Å²) < 4.78 is 15.5. The quantitative estimate of drug-likeness (QED) is 0.695. The second-order valence-electron chi connectivity index (χ2n) is 5.60. The maximum Gasteiger partial charge on any atom is 0.340 e. The Bertz CT molecular complexity index is 841. The lowest BCUT2D eigenvalue weighted by atomic mass is 10.1. The molecule has 27 heavy (non-hydrogen) atoms. The average Bonchev–Trinajstić information content (AvgIpc) is 2.67. The van der Waals surface area contributed by atoms with E-state index in [4.69, 9.17) is 37.4 Å². The lowest BCUT2D eigenvalue weighted by Crippen LogP contribution is -2.31. The molecule has 0 aromatic heterocycles. The second kappa shape index (κ2) is 9.48. The van der Waals surface area contributed by atoms with Crippen molar-refractivity contribution in [3.8, 4) is 11.5 Å². The van der Waals surface area contributed by atoms with Crippen LogP contribution in [0, 0.1) is 0 Å². The first-order valence-electron chi connectivity index (χ1n) is 7.99. The van der Waals surface area contributed by atoms with Gasteiger partial charge in [-0.15, -0.1) is 0 Å². The number of esters is 1. The van der Waals surface area contributed by atoms with Gasteiger partial charge in [-0.3, -0.25) is 4.79 Å². The van der Waals surface area contributed by atoms with Crippen LogP contribution in [0.15, 0.2) is 36.4 Å². The Morgan fingerprint density at radius 2 is 1.81 bits per heavy atom. The summed E-state index contributed by atoms with van der Waals surface area (Å²) in [6.45, 7) is 1.32. The van der Waals surface area contributed by atoms with Gasteiger partial charge in [0.1, 0.15) is 11.5 Å². The molecule has 0 aliphatic carbocycles. The lowest BCUT2D eigenvalue weighted by Gasteiger charge is -2.18. The fourth-order valence-electron chi connectivity index (χ4n) is 2.40. The third kappa shape index (κ3) is 5.52. The highest BCUT2D eigenvalue weighted by Gasteiger charge is 2.18. The number of rotatable bonds is 7. The van der Waals surface area contributed by atoms with Gasteiger partial charge in [-0.2, -0.15) is 0 Å². The fraction of sp³-hybridized carbons (Fsp3) is 0.263. The Morgan fingerprint density at radius 1 is 1.07 bits per heavy atom. The Hall–Kier alpha value is -2.44. The van der Waals surface area contributed by atoms with Crippen molar-refractivity contribution < 1.29 is 23.8 Å². The van der Waals surface area contributed by atoms with Crippen LogP contribution in [-0.4, -0.2) is 32.7 Å². The van der Waals surface area contributed by atoms with Gasteiger partial charge in [-0.25, -0.2) is 4.79 Å². The molecule has 0 spiro atoms. The van der Waals surface area contributed by atoms with E-state index in [1.54, 1.807) is 38.3 Å². The highest BCUT2D eigenvalue weighted by molar-refractivity contribution is 6.35. The van der Waals surface area contributed by atoms with Gasteiger partial charge < -0.3 is 19.5 Å². The van der Waals surface area contributed by atoms with E-state index in [0.717, 1.165) is 5.56 Å². The average molecular weight is 412 g/mol. The number of carbonyl (C=O) groups is 2. The van der Waals surface area contributed by atoms with E-state index in [0.29, 0.717) is 16.5 Å². The fourth-order valence-corrected chi connectivity index (χ4v) is 2.77. The van der Waals surface area contributed by atoms with Crippen LogP contribution in [0.3, 0.4) is 0 Å². The maximum atomic E-state index is 12.1. The van der Waals surface area contributed by atoms with Crippen molar-refractivity contribution in [2.45, 2.75) is 13.0 Å². The van der Waals surface area contributed by atoms with Crippen LogP contribution >= 0.6 is 23.2 Å². The third-order valence-electron chi connectivity index (χ3n) is 3.76. The molecule has 2 rings (SSSR count). The molecule has 0 aliphatic heterocycles. The SMILES string of the molecule is COc1ccc(OC)c([C@@H](C)NC(=O)COC(=O)c2cc(Cl)ccc2Cl)c1. The van der Waals surface area contributed by atoms with Gasteiger partial charge >= 0.3 is 5.97 Å². The van der Waals surface area contributed by atoms with E-state index in [9.17, 15) is 9.59 Å². The zero-order valence-corrected chi connectivity index (χ0v) is 16.6. The van der Waals surface area contributed by atoms with Gasteiger partial charge in [-0.1, -0.05) is 23.2 Å². The van der Waals surface area contributed by atoms with Crippen LogP contribution < -0.4 is 14.8 Å². The van der Waals surface area contributed by atoms with E-state index in [1.165, 1.54) is 19.2 Å². The molecule has 1 atom stereocenters. The van der Waals surface area contributed by atoms with Crippen molar-refractivity contribution >= 4 is 35.1 Å². The van der Waals surface area contributed by atoms with Crippen LogP contribution in [0.25, 0.3) is 0 Å². The van der Waals surface area contributed by atoms with E-state index in [-0.39, 0.29) is 10.6 Å². The smallest absolute Gasteiger partial charge is 0.340 e. The van der Waals surface area contributed by atoms with Gasteiger partial charge in [0.2, 0.25) is 0 Å². The number of halogens is 2. The largest absolute Gasteiger partial charge is 0.497 e. The number of amides is 1. The molecule has 2 aromatic carbocycles. The topological polar surface area (TPSA) is 73.9 Å².